The Kier molecular flexibility index (Phi) is 7.08. The zero-order chi connectivity index (χ0) is 21.0. The molecule has 2 rings (SSSR count). The number of aromatic nitrogens is 1. The van der Waals surface area contributed by atoms with Crippen molar-refractivity contribution in [1.29, 1.82) is 0 Å². The van der Waals surface area contributed by atoms with Crippen molar-refractivity contribution in [1.82, 2.24) is 4.98 Å². The van der Waals surface area contributed by atoms with Gasteiger partial charge in [-0.2, -0.15) is 0 Å². The number of fused-ring (bicyclic) bond motifs is 1. The van der Waals surface area contributed by atoms with Crippen molar-refractivity contribution in [2.24, 2.45) is 0 Å². The molecular formula is C22H26ClNO4. The van der Waals surface area contributed by atoms with Crippen LogP contribution in [0.25, 0.3) is 16.5 Å². The average Bonchev–Trinajstić information content (AvgIpc) is 3.05. The van der Waals surface area contributed by atoms with Crippen molar-refractivity contribution in [2.75, 3.05) is 14.2 Å². The standard InChI is InChI=1S/C22H26ClNO4/c1-7-13(4)18(12(2)3)19-16(23)10-8-14-15(9-11-17(25)27-5)21(22(26)28-6)24-20(14)19/h8,10,24H,4,7,9,11H2,1-3,5-6H3. The van der Waals surface area contributed by atoms with E-state index in [1.54, 1.807) is 0 Å². The molecule has 0 aliphatic heterocycles. The second-order valence-corrected chi connectivity index (χ2v) is 7.13. The molecule has 0 amide bonds. The highest BCUT2D eigenvalue weighted by molar-refractivity contribution is 6.34. The number of H-pyrrole nitrogens is 1. The lowest BCUT2D eigenvalue weighted by atomic mass is 9.91. The number of hydrogen-bond donors (Lipinski definition) is 1. The van der Waals surface area contributed by atoms with Gasteiger partial charge < -0.3 is 14.5 Å². The summed E-state index contributed by atoms with van der Waals surface area (Å²) in [5, 5.41) is 1.39. The SMILES string of the molecule is C=C(CC)C(=C(C)C)c1c(Cl)ccc2c(CCC(=O)OC)c(C(=O)OC)[nH]c12. The van der Waals surface area contributed by atoms with Gasteiger partial charge in [0.05, 0.1) is 24.8 Å². The smallest absolute Gasteiger partial charge is 0.354 e. The summed E-state index contributed by atoms with van der Waals surface area (Å²) < 4.78 is 9.68. The van der Waals surface area contributed by atoms with Crippen LogP contribution in [0.3, 0.4) is 0 Å². The van der Waals surface area contributed by atoms with E-state index in [1.807, 2.05) is 32.9 Å². The third-order valence-corrected chi connectivity index (χ3v) is 5.07. The lowest BCUT2D eigenvalue weighted by Crippen LogP contribution is -2.07. The van der Waals surface area contributed by atoms with Crippen molar-refractivity contribution < 1.29 is 19.1 Å². The fraction of sp³-hybridized carbons (Fsp3) is 0.364. The number of allylic oxidation sites excluding steroid dienone is 3. The van der Waals surface area contributed by atoms with Crippen molar-refractivity contribution in [3.05, 3.63) is 51.7 Å². The fourth-order valence-corrected chi connectivity index (χ4v) is 3.61. The van der Waals surface area contributed by atoms with Gasteiger partial charge in [0.1, 0.15) is 5.69 Å². The molecule has 1 heterocycles. The van der Waals surface area contributed by atoms with E-state index in [0.29, 0.717) is 22.7 Å². The van der Waals surface area contributed by atoms with Gasteiger partial charge >= 0.3 is 11.9 Å². The largest absolute Gasteiger partial charge is 0.469 e. The lowest BCUT2D eigenvalue weighted by Gasteiger charge is -2.15. The van der Waals surface area contributed by atoms with E-state index in [0.717, 1.165) is 39.6 Å². The number of esters is 2. The van der Waals surface area contributed by atoms with Crippen LogP contribution in [0.2, 0.25) is 5.02 Å². The highest BCUT2D eigenvalue weighted by Crippen LogP contribution is 2.39. The van der Waals surface area contributed by atoms with Gasteiger partial charge in [-0.3, -0.25) is 4.79 Å². The molecule has 0 aliphatic carbocycles. The van der Waals surface area contributed by atoms with E-state index in [9.17, 15) is 9.59 Å². The molecular weight excluding hydrogens is 378 g/mol. The van der Waals surface area contributed by atoms with Crippen LogP contribution in [0.1, 0.15) is 55.2 Å². The number of rotatable bonds is 7. The van der Waals surface area contributed by atoms with Crippen molar-refractivity contribution in [3.63, 3.8) is 0 Å². The van der Waals surface area contributed by atoms with Crippen molar-refractivity contribution in [2.45, 2.75) is 40.0 Å². The maximum absolute atomic E-state index is 12.4. The summed E-state index contributed by atoms with van der Waals surface area (Å²) in [6.07, 6.45) is 1.27. The van der Waals surface area contributed by atoms with Crippen LogP contribution in [0, 0.1) is 0 Å². The fourth-order valence-electron chi connectivity index (χ4n) is 3.36. The second kappa shape index (κ2) is 9.11. The Labute approximate surface area is 170 Å². The van der Waals surface area contributed by atoms with E-state index >= 15 is 0 Å². The van der Waals surface area contributed by atoms with Crippen LogP contribution in [0.4, 0.5) is 0 Å². The van der Waals surface area contributed by atoms with Gasteiger partial charge in [-0.05, 0) is 49.5 Å². The van der Waals surface area contributed by atoms with Crippen LogP contribution < -0.4 is 0 Å². The van der Waals surface area contributed by atoms with E-state index in [2.05, 4.69) is 11.6 Å². The topological polar surface area (TPSA) is 68.4 Å². The first-order valence-electron chi connectivity index (χ1n) is 9.10. The van der Waals surface area contributed by atoms with Crippen LogP contribution in [-0.2, 0) is 20.7 Å². The maximum atomic E-state index is 12.4. The molecule has 2 aromatic rings. The molecule has 0 bridgehead atoms. The Balaban J connectivity index is 2.81. The number of benzene rings is 1. The number of halogens is 1. The molecule has 1 aromatic heterocycles. The molecule has 5 nitrogen and oxygen atoms in total. The quantitative estimate of drug-likeness (QED) is 0.491. The molecule has 0 aliphatic rings. The van der Waals surface area contributed by atoms with Gasteiger partial charge in [-0.15, -0.1) is 0 Å². The number of aromatic amines is 1. The first-order valence-corrected chi connectivity index (χ1v) is 9.48. The highest BCUT2D eigenvalue weighted by Gasteiger charge is 2.24. The van der Waals surface area contributed by atoms with Crippen molar-refractivity contribution in [3.8, 4) is 0 Å². The summed E-state index contributed by atoms with van der Waals surface area (Å²) in [6.45, 7) is 10.2. The number of aryl methyl sites for hydroxylation is 1. The summed E-state index contributed by atoms with van der Waals surface area (Å²) in [4.78, 5) is 27.2. The van der Waals surface area contributed by atoms with Crippen molar-refractivity contribution >= 4 is 40.0 Å². The van der Waals surface area contributed by atoms with Gasteiger partial charge in [0.2, 0.25) is 0 Å². The van der Waals surface area contributed by atoms with E-state index in [4.69, 9.17) is 21.1 Å². The normalized spacial score (nSPS) is 10.6. The summed E-state index contributed by atoms with van der Waals surface area (Å²) in [6, 6.07) is 3.66. The Hall–Kier alpha value is -2.53. The first-order chi connectivity index (χ1) is 13.3. The Morgan fingerprint density at radius 2 is 1.86 bits per heavy atom. The van der Waals surface area contributed by atoms with Gasteiger partial charge in [0.15, 0.2) is 0 Å². The maximum Gasteiger partial charge on any atom is 0.354 e. The van der Waals surface area contributed by atoms with Gasteiger partial charge in [0.25, 0.3) is 0 Å². The number of carbonyl (C=O) groups is 2. The molecule has 0 spiro atoms. The molecule has 0 saturated carbocycles. The summed E-state index contributed by atoms with van der Waals surface area (Å²) in [5.41, 5.74) is 5.57. The third-order valence-electron chi connectivity index (χ3n) is 4.76. The highest BCUT2D eigenvalue weighted by atomic mass is 35.5. The van der Waals surface area contributed by atoms with Gasteiger partial charge in [-0.1, -0.05) is 36.7 Å². The van der Waals surface area contributed by atoms with Crippen LogP contribution in [-0.4, -0.2) is 31.1 Å². The van der Waals surface area contributed by atoms with Crippen LogP contribution in [0.5, 0.6) is 0 Å². The molecule has 0 saturated heterocycles. The Morgan fingerprint density at radius 1 is 1.18 bits per heavy atom. The summed E-state index contributed by atoms with van der Waals surface area (Å²) in [7, 11) is 2.67. The number of carbonyl (C=O) groups excluding carboxylic acids is 2. The first kappa shape index (κ1) is 21.8. The minimum absolute atomic E-state index is 0.155. The molecule has 1 aromatic carbocycles. The van der Waals surface area contributed by atoms with E-state index < -0.39 is 5.97 Å². The summed E-state index contributed by atoms with van der Waals surface area (Å²) >= 11 is 6.58. The number of nitrogens with one attached hydrogen (secondary N) is 1. The molecule has 28 heavy (non-hydrogen) atoms. The monoisotopic (exact) mass is 403 g/mol. The third kappa shape index (κ3) is 4.14. The molecule has 150 valence electrons. The zero-order valence-electron chi connectivity index (χ0n) is 17.0. The predicted octanol–water partition coefficient (Wildman–Crippen LogP) is 5.47. The Morgan fingerprint density at radius 3 is 2.39 bits per heavy atom. The minimum Gasteiger partial charge on any atom is -0.469 e. The van der Waals surface area contributed by atoms with Crippen LogP contribution >= 0.6 is 11.6 Å². The van der Waals surface area contributed by atoms with Gasteiger partial charge in [0, 0.05) is 17.4 Å². The molecule has 0 fully saturated rings. The molecule has 1 N–H and O–H groups in total. The van der Waals surface area contributed by atoms with Gasteiger partial charge in [-0.25, -0.2) is 4.79 Å². The Bertz CT molecular complexity index is 965. The van der Waals surface area contributed by atoms with E-state index in [-0.39, 0.29) is 12.4 Å². The molecule has 0 atom stereocenters. The van der Waals surface area contributed by atoms with E-state index in [1.165, 1.54) is 14.2 Å². The number of ether oxygens (including phenoxy) is 2. The predicted molar refractivity (Wildman–Crippen MR) is 113 cm³/mol. The number of hydrogen-bond acceptors (Lipinski definition) is 4. The molecule has 0 radical (unpaired) electrons. The lowest BCUT2D eigenvalue weighted by molar-refractivity contribution is -0.140. The molecule has 6 heteroatoms. The molecule has 0 unspecified atom stereocenters. The zero-order valence-corrected chi connectivity index (χ0v) is 17.8. The van der Waals surface area contributed by atoms with Crippen LogP contribution in [0.15, 0.2) is 29.9 Å². The second-order valence-electron chi connectivity index (χ2n) is 6.72. The average molecular weight is 404 g/mol. The minimum atomic E-state index is -0.494. The summed E-state index contributed by atoms with van der Waals surface area (Å²) in [5.74, 6) is -0.838. The number of methoxy groups -OCH3 is 2.